The third-order valence-corrected chi connectivity index (χ3v) is 1.66. The fourth-order valence-corrected chi connectivity index (χ4v) is 0.631. The fourth-order valence-electron chi connectivity index (χ4n) is 0.210. The summed E-state index contributed by atoms with van der Waals surface area (Å²) in [5.74, 6) is 0. The molecule has 0 aliphatic heterocycles. The van der Waals surface area contributed by atoms with E-state index in [-0.39, 0.29) is 20.3 Å². The first-order valence-corrected chi connectivity index (χ1v) is 3.61. The standard InChI is InChI=1S/C2HF6NO2S.Li.H/c3-1(4,5)9-12(10,11)2(6,7)8;;/h9H;;/q;+1;-1. The average molecular weight is 225 g/mol. The van der Waals surface area contributed by atoms with E-state index in [0.717, 1.165) is 0 Å². The summed E-state index contributed by atoms with van der Waals surface area (Å²) >= 11 is 0. The van der Waals surface area contributed by atoms with Crippen LogP contribution in [0.4, 0.5) is 26.3 Å². The van der Waals surface area contributed by atoms with Crippen LogP contribution in [0.2, 0.25) is 0 Å². The van der Waals surface area contributed by atoms with Gasteiger partial charge in [0.25, 0.3) is 0 Å². The molecule has 0 atom stereocenters. The third-order valence-electron chi connectivity index (χ3n) is 0.555. The molecule has 76 valence electrons. The molecule has 0 fully saturated rings. The summed E-state index contributed by atoms with van der Waals surface area (Å²) in [6, 6.07) is 0. The van der Waals surface area contributed by atoms with Crippen LogP contribution in [0.25, 0.3) is 0 Å². The number of nitrogens with one attached hydrogen (secondary N) is 1. The second-order valence-electron chi connectivity index (χ2n) is 1.55. The van der Waals surface area contributed by atoms with Crippen LogP contribution in [0.3, 0.4) is 0 Å². The van der Waals surface area contributed by atoms with Gasteiger partial charge in [0.2, 0.25) is 0 Å². The maximum absolute atomic E-state index is 11.2. The van der Waals surface area contributed by atoms with Crippen LogP contribution in [-0.2, 0) is 10.0 Å². The van der Waals surface area contributed by atoms with Crippen molar-refractivity contribution in [3.63, 3.8) is 0 Å². The summed E-state index contributed by atoms with van der Waals surface area (Å²) in [5, 5.41) is 0. The SMILES string of the molecule is O=S(=O)(NC(F)(F)F)C(F)(F)F.[H-].[Li+]. The second-order valence-corrected chi connectivity index (χ2v) is 3.22. The molecule has 0 aromatic heterocycles. The van der Waals surface area contributed by atoms with E-state index in [1.165, 1.54) is 0 Å². The molecule has 0 saturated carbocycles. The Balaban J connectivity index is -0.000000605. The molecule has 0 radical (unpaired) electrons. The van der Waals surface area contributed by atoms with E-state index in [2.05, 4.69) is 0 Å². The molecule has 1 N–H and O–H groups in total. The van der Waals surface area contributed by atoms with E-state index >= 15 is 0 Å². The Morgan fingerprint density at radius 3 is 1.38 bits per heavy atom. The fraction of sp³-hybridized carbons (Fsp3) is 1.00. The van der Waals surface area contributed by atoms with Gasteiger partial charge in [-0.1, -0.05) is 0 Å². The second kappa shape index (κ2) is 4.08. The monoisotopic (exact) mass is 225 g/mol. The quantitative estimate of drug-likeness (QED) is 0.320. The summed E-state index contributed by atoms with van der Waals surface area (Å²) in [7, 11) is -6.33. The number of sulfonamides is 1. The van der Waals surface area contributed by atoms with Crippen LogP contribution < -0.4 is 23.6 Å². The molecule has 0 aliphatic rings. The zero-order valence-electron chi connectivity index (χ0n) is 6.99. The minimum Gasteiger partial charge on any atom is -1.00 e. The summed E-state index contributed by atoms with van der Waals surface area (Å²) in [4.78, 5) is 0. The zero-order chi connectivity index (χ0) is 10.2. The molecule has 0 bridgehead atoms. The molecule has 0 amide bonds. The van der Waals surface area contributed by atoms with Crippen molar-refractivity contribution in [3.05, 3.63) is 0 Å². The largest absolute Gasteiger partial charge is 1.00 e. The van der Waals surface area contributed by atoms with Gasteiger partial charge in [0.05, 0.1) is 0 Å². The summed E-state index contributed by atoms with van der Waals surface area (Å²) in [6.45, 7) is 0. The van der Waals surface area contributed by atoms with Crippen molar-refractivity contribution >= 4 is 10.0 Å². The van der Waals surface area contributed by atoms with Gasteiger partial charge in [-0.25, -0.2) is 8.42 Å². The maximum Gasteiger partial charge on any atom is 1.00 e. The first-order valence-electron chi connectivity index (χ1n) is 2.13. The molecule has 0 rings (SSSR count). The number of alkyl halides is 6. The Kier molecular flexibility index (Phi) is 4.88. The van der Waals surface area contributed by atoms with Crippen molar-refractivity contribution in [1.82, 2.24) is 4.72 Å². The molecular weight excluding hydrogens is 223 g/mol. The van der Waals surface area contributed by atoms with Gasteiger partial charge < -0.3 is 1.43 Å². The molecule has 0 aliphatic carbocycles. The van der Waals surface area contributed by atoms with Crippen LogP contribution in [0, 0.1) is 0 Å². The molecule has 0 unspecified atom stereocenters. The van der Waals surface area contributed by atoms with E-state index in [1.807, 2.05) is 0 Å². The summed E-state index contributed by atoms with van der Waals surface area (Å²) < 4.78 is 85.8. The van der Waals surface area contributed by atoms with Gasteiger partial charge in [0.1, 0.15) is 0 Å². The summed E-state index contributed by atoms with van der Waals surface area (Å²) in [6.07, 6.45) is -5.62. The van der Waals surface area contributed by atoms with Crippen LogP contribution in [-0.4, -0.2) is 20.2 Å². The van der Waals surface area contributed by atoms with E-state index in [1.54, 1.807) is 0 Å². The smallest absolute Gasteiger partial charge is 1.00 e. The Morgan fingerprint density at radius 1 is 1.00 bits per heavy atom. The zero-order valence-corrected chi connectivity index (χ0v) is 6.81. The Bertz CT molecular complexity index is 258. The maximum atomic E-state index is 11.2. The molecule has 0 aromatic rings. The Labute approximate surface area is 82.2 Å². The van der Waals surface area contributed by atoms with Gasteiger partial charge >= 0.3 is 40.7 Å². The predicted octanol–water partition coefficient (Wildman–Crippen LogP) is -1.94. The van der Waals surface area contributed by atoms with Crippen molar-refractivity contribution in [2.24, 2.45) is 0 Å². The molecule has 0 saturated heterocycles. The molecule has 3 nitrogen and oxygen atoms in total. The van der Waals surface area contributed by atoms with E-state index in [9.17, 15) is 34.8 Å². The average Bonchev–Trinajstić information content (AvgIpc) is 1.52. The van der Waals surface area contributed by atoms with E-state index in [4.69, 9.17) is 0 Å². The molecule has 0 spiro atoms. The van der Waals surface area contributed by atoms with Crippen molar-refractivity contribution in [1.29, 1.82) is 0 Å². The molecule has 0 heterocycles. The van der Waals surface area contributed by atoms with Crippen molar-refractivity contribution in [2.45, 2.75) is 11.8 Å². The van der Waals surface area contributed by atoms with E-state index < -0.39 is 26.6 Å². The van der Waals surface area contributed by atoms with Crippen molar-refractivity contribution < 1.29 is 55.0 Å². The molecule has 13 heavy (non-hydrogen) atoms. The van der Waals surface area contributed by atoms with Crippen molar-refractivity contribution in [3.8, 4) is 0 Å². The minimum absolute atomic E-state index is 0. The van der Waals surface area contributed by atoms with Gasteiger partial charge in [0.15, 0.2) is 0 Å². The van der Waals surface area contributed by atoms with E-state index in [0.29, 0.717) is 0 Å². The Morgan fingerprint density at radius 2 is 1.31 bits per heavy atom. The summed E-state index contributed by atoms with van der Waals surface area (Å²) in [5.41, 5.74) is -5.96. The van der Waals surface area contributed by atoms with Gasteiger partial charge in [-0.2, -0.15) is 26.3 Å². The first kappa shape index (κ1) is 15.6. The number of halogens is 6. The first-order chi connectivity index (χ1) is 4.96. The minimum atomic E-state index is -6.33. The molecule has 0 aromatic carbocycles. The number of hydrogen-bond acceptors (Lipinski definition) is 2. The van der Waals surface area contributed by atoms with Crippen LogP contribution >= 0.6 is 0 Å². The van der Waals surface area contributed by atoms with Crippen LogP contribution in [0.15, 0.2) is 0 Å². The van der Waals surface area contributed by atoms with Crippen molar-refractivity contribution in [2.75, 3.05) is 0 Å². The van der Waals surface area contributed by atoms with Gasteiger partial charge in [0, 0.05) is 0 Å². The molecule has 11 heteroatoms. The normalized spacial score (nSPS) is 13.7. The van der Waals surface area contributed by atoms with Gasteiger partial charge in [-0.15, -0.1) is 4.72 Å². The third kappa shape index (κ3) is 5.40. The Hall–Kier alpha value is 0.0874. The molecular formula is C2H2F6LiNO2S. The van der Waals surface area contributed by atoms with Crippen LogP contribution in [0.5, 0.6) is 0 Å². The topological polar surface area (TPSA) is 46.2 Å². The van der Waals surface area contributed by atoms with Crippen LogP contribution in [0.1, 0.15) is 1.43 Å². The predicted molar refractivity (Wildman–Crippen MR) is 25.3 cm³/mol. The van der Waals surface area contributed by atoms with Gasteiger partial charge in [-0.3, -0.25) is 0 Å². The van der Waals surface area contributed by atoms with Gasteiger partial charge in [-0.05, 0) is 0 Å². The number of rotatable bonds is 1. The number of hydrogen-bond donors (Lipinski definition) is 1.